The minimum Gasteiger partial charge on any atom is -0.506 e. The van der Waals surface area contributed by atoms with Crippen molar-refractivity contribution in [2.75, 3.05) is 5.73 Å². The van der Waals surface area contributed by atoms with Gasteiger partial charge in [0.15, 0.2) is 5.58 Å². The molecule has 128 valence electrons. The summed E-state index contributed by atoms with van der Waals surface area (Å²) in [7, 11) is 0. The molecule has 0 aliphatic heterocycles. The van der Waals surface area contributed by atoms with Gasteiger partial charge in [0.25, 0.3) is 0 Å². The first-order valence-electron chi connectivity index (χ1n) is 7.84. The number of hydrogen-bond donors (Lipinski definition) is 3. The van der Waals surface area contributed by atoms with E-state index in [1.165, 1.54) is 12.1 Å². The maximum atomic E-state index is 11.1. The van der Waals surface area contributed by atoms with Crippen LogP contribution in [0, 0.1) is 0 Å². The van der Waals surface area contributed by atoms with Crippen LogP contribution in [-0.4, -0.2) is 21.2 Å². The van der Waals surface area contributed by atoms with Crippen molar-refractivity contribution in [3.8, 4) is 28.3 Å². The van der Waals surface area contributed by atoms with Gasteiger partial charge in [-0.3, -0.25) is 0 Å². The molecule has 0 aliphatic carbocycles. The number of phenolic OH excluding ortho intramolecular Hbond substituents is 1. The van der Waals surface area contributed by atoms with Gasteiger partial charge in [-0.15, -0.1) is 0 Å². The third-order valence-corrected chi connectivity index (χ3v) is 4.10. The summed E-state index contributed by atoms with van der Waals surface area (Å²) in [6.45, 7) is 0. The first-order valence-corrected chi connectivity index (χ1v) is 7.84. The van der Waals surface area contributed by atoms with Crippen molar-refractivity contribution in [2.24, 2.45) is 0 Å². The molecule has 3 aromatic carbocycles. The maximum Gasteiger partial charge on any atom is 0.335 e. The van der Waals surface area contributed by atoms with E-state index in [1.54, 1.807) is 36.4 Å². The van der Waals surface area contributed by atoms with Crippen LogP contribution in [0.5, 0.6) is 5.75 Å². The number of nitrogens with two attached hydrogens (primary N) is 1. The third kappa shape index (κ3) is 2.73. The van der Waals surface area contributed by atoms with Crippen molar-refractivity contribution in [1.82, 2.24) is 4.98 Å². The van der Waals surface area contributed by atoms with E-state index in [0.29, 0.717) is 28.2 Å². The van der Waals surface area contributed by atoms with Crippen molar-refractivity contribution in [3.63, 3.8) is 0 Å². The fourth-order valence-electron chi connectivity index (χ4n) is 2.75. The number of phenols is 1. The van der Waals surface area contributed by atoms with Crippen molar-refractivity contribution in [1.29, 1.82) is 0 Å². The molecule has 0 unspecified atom stereocenters. The quantitative estimate of drug-likeness (QED) is 0.380. The van der Waals surface area contributed by atoms with Crippen molar-refractivity contribution in [2.45, 2.75) is 0 Å². The number of anilines is 1. The lowest BCUT2D eigenvalue weighted by molar-refractivity contribution is 0.0697. The van der Waals surface area contributed by atoms with Crippen LogP contribution in [0.25, 0.3) is 33.7 Å². The van der Waals surface area contributed by atoms with Gasteiger partial charge in [-0.1, -0.05) is 18.2 Å². The number of rotatable bonds is 3. The molecule has 6 heteroatoms. The summed E-state index contributed by atoms with van der Waals surface area (Å²) >= 11 is 0. The monoisotopic (exact) mass is 346 g/mol. The minimum atomic E-state index is -1.00. The zero-order valence-corrected chi connectivity index (χ0v) is 13.5. The van der Waals surface area contributed by atoms with Crippen LogP contribution in [0.1, 0.15) is 10.4 Å². The van der Waals surface area contributed by atoms with Crippen LogP contribution in [0.4, 0.5) is 5.69 Å². The lowest BCUT2D eigenvalue weighted by Crippen LogP contribution is -1.95. The molecule has 0 spiro atoms. The first-order chi connectivity index (χ1) is 12.5. The zero-order valence-electron chi connectivity index (χ0n) is 13.5. The van der Waals surface area contributed by atoms with Gasteiger partial charge >= 0.3 is 5.97 Å². The van der Waals surface area contributed by atoms with E-state index < -0.39 is 5.97 Å². The predicted molar refractivity (Wildman–Crippen MR) is 97.9 cm³/mol. The van der Waals surface area contributed by atoms with Gasteiger partial charge in [-0.25, -0.2) is 9.78 Å². The van der Waals surface area contributed by atoms with Gasteiger partial charge in [0, 0.05) is 5.56 Å². The van der Waals surface area contributed by atoms with Crippen LogP contribution >= 0.6 is 0 Å². The van der Waals surface area contributed by atoms with Crippen LogP contribution < -0.4 is 5.73 Å². The molecule has 4 rings (SSSR count). The Kier molecular flexibility index (Phi) is 3.58. The molecule has 0 saturated carbocycles. The number of aromatic nitrogens is 1. The van der Waals surface area contributed by atoms with E-state index in [-0.39, 0.29) is 11.3 Å². The lowest BCUT2D eigenvalue weighted by atomic mass is 10.0. The Morgan fingerprint density at radius 3 is 2.50 bits per heavy atom. The molecule has 0 aliphatic rings. The SMILES string of the molecule is Nc1cc(-c2ccc3oc(-c4cccc(C(=O)O)c4)nc3c2)ccc1O. The smallest absolute Gasteiger partial charge is 0.335 e. The van der Waals surface area contributed by atoms with Crippen LogP contribution in [0.2, 0.25) is 0 Å². The van der Waals surface area contributed by atoms with Crippen molar-refractivity contribution < 1.29 is 19.4 Å². The second-order valence-corrected chi connectivity index (χ2v) is 5.86. The molecule has 1 aromatic heterocycles. The second-order valence-electron chi connectivity index (χ2n) is 5.86. The fraction of sp³-hybridized carbons (Fsp3) is 0. The molecule has 0 radical (unpaired) electrons. The molecule has 6 nitrogen and oxygen atoms in total. The van der Waals surface area contributed by atoms with Gasteiger partial charge in [0.2, 0.25) is 5.89 Å². The van der Waals surface area contributed by atoms with Gasteiger partial charge in [0.05, 0.1) is 11.3 Å². The Morgan fingerprint density at radius 2 is 1.73 bits per heavy atom. The van der Waals surface area contributed by atoms with Crippen LogP contribution in [0.3, 0.4) is 0 Å². The minimum absolute atomic E-state index is 0.0388. The Labute approximate surface area is 148 Å². The van der Waals surface area contributed by atoms with Crippen molar-refractivity contribution >= 4 is 22.8 Å². The molecular weight excluding hydrogens is 332 g/mol. The molecule has 26 heavy (non-hydrogen) atoms. The van der Waals surface area contributed by atoms with E-state index in [1.807, 2.05) is 12.1 Å². The number of aromatic carboxylic acids is 1. The number of fused-ring (bicyclic) bond motifs is 1. The highest BCUT2D eigenvalue weighted by Gasteiger charge is 2.12. The Balaban J connectivity index is 1.77. The molecule has 0 amide bonds. The number of nitrogens with zero attached hydrogens (tertiary/aromatic N) is 1. The van der Waals surface area contributed by atoms with Gasteiger partial charge < -0.3 is 20.4 Å². The van der Waals surface area contributed by atoms with Gasteiger partial charge in [0.1, 0.15) is 11.3 Å². The molecule has 0 atom stereocenters. The summed E-state index contributed by atoms with van der Waals surface area (Å²) in [5.74, 6) is -0.613. The van der Waals surface area contributed by atoms with Gasteiger partial charge in [-0.2, -0.15) is 0 Å². The largest absolute Gasteiger partial charge is 0.506 e. The number of carbonyl (C=O) groups is 1. The Morgan fingerprint density at radius 1 is 0.962 bits per heavy atom. The number of benzene rings is 3. The summed E-state index contributed by atoms with van der Waals surface area (Å²) in [4.78, 5) is 15.6. The summed E-state index contributed by atoms with van der Waals surface area (Å²) in [6.07, 6.45) is 0. The summed E-state index contributed by atoms with van der Waals surface area (Å²) < 4.78 is 5.75. The van der Waals surface area contributed by atoms with E-state index in [0.717, 1.165) is 11.1 Å². The summed E-state index contributed by atoms with van der Waals surface area (Å²) in [6, 6.07) is 17.0. The van der Waals surface area contributed by atoms with E-state index in [4.69, 9.17) is 15.3 Å². The average Bonchev–Trinajstić information content (AvgIpc) is 3.07. The normalized spacial score (nSPS) is 10.9. The van der Waals surface area contributed by atoms with Crippen molar-refractivity contribution in [3.05, 3.63) is 66.2 Å². The number of nitrogen functional groups attached to an aromatic ring is 1. The molecule has 4 N–H and O–H groups in total. The topological polar surface area (TPSA) is 110 Å². The maximum absolute atomic E-state index is 11.1. The summed E-state index contributed by atoms with van der Waals surface area (Å²) in [5, 5.41) is 18.7. The number of oxazole rings is 1. The number of hydrogen-bond acceptors (Lipinski definition) is 5. The highest BCUT2D eigenvalue weighted by molar-refractivity contribution is 5.89. The lowest BCUT2D eigenvalue weighted by Gasteiger charge is -2.04. The van der Waals surface area contributed by atoms with Gasteiger partial charge in [-0.05, 0) is 53.6 Å². The Bertz CT molecular complexity index is 1150. The molecule has 0 saturated heterocycles. The van der Waals surface area contributed by atoms with Crippen LogP contribution in [0.15, 0.2) is 65.1 Å². The predicted octanol–water partition coefficient (Wildman–Crippen LogP) is 4.15. The Hall–Kier alpha value is -3.80. The molecule has 0 bridgehead atoms. The van der Waals surface area contributed by atoms with E-state index in [2.05, 4.69) is 4.98 Å². The molecule has 4 aromatic rings. The molecule has 0 fully saturated rings. The standard InChI is InChI=1S/C20H14N2O4/c21-15-9-11(4-6-17(15)23)12-5-7-18-16(10-12)22-19(26-18)13-2-1-3-14(8-13)20(24)25/h1-10,23H,21H2,(H,24,25). The molecule has 1 heterocycles. The number of carboxylic acid groups (broad SMARTS) is 1. The third-order valence-electron chi connectivity index (χ3n) is 4.10. The zero-order chi connectivity index (χ0) is 18.3. The second kappa shape index (κ2) is 5.93. The van der Waals surface area contributed by atoms with E-state index >= 15 is 0 Å². The highest BCUT2D eigenvalue weighted by Crippen LogP contribution is 2.31. The average molecular weight is 346 g/mol. The number of aromatic hydroxyl groups is 1. The summed E-state index contributed by atoms with van der Waals surface area (Å²) in [5.41, 5.74) is 9.78. The van der Waals surface area contributed by atoms with Crippen LogP contribution in [-0.2, 0) is 0 Å². The molecular formula is C20H14N2O4. The van der Waals surface area contributed by atoms with E-state index in [9.17, 15) is 9.90 Å². The first kappa shape index (κ1) is 15.7. The fourth-order valence-corrected chi connectivity index (χ4v) is 2.75. The highest BCUT2D eigenvalue weighted by atomic mass is 16.4. The number of carboxylic acids is 1.